The van der Waals surface area contributed by atoms with Crippen LogP contribution in [0, 0.1) is 6.92 Å². The van der Waals surface area contributed by atoms with Gasteiger partial charge in [-0.2, -0.15) is 0 Å². The van der Waals surface area contributed by atoms with Gasteiger partial charge >= 0.3 is 0 Å². The van der Waals surface area contributed by atoms with E-state index in [2.05, 4.69) is 50.1 Å². The number of aromatic nitrogens is 5. The van der Waals surface area contributed by atoms with Crippen molar-refractivity contribution in [2.24, 2.45) is 0 Å². The highest BCUT2D eigenvalue weighted by Crippen LogP contribution is 2.46. The molecule has 2 aliphatic rings. The van der Waals surface area contributed by atoms with E-state index in [1.165, 1.54) is 15.3 Å². The van der Waals surface area contributed by atoms with Crippen molar-refractivity contribution in [3.05, 3.63) is 39.0 Å². The first-order valence-corrected chi connectivity index (χ1v) is 12.2. The van der Waals surface area contributed by atoms with E-state index < -0.39 is 0 Å². The average molecular weight is 459 g/mol. The van der Waals surface area contributed by atoms with Crippen LogP contribution in [0.25, 0.3) is 0 Å². The van der Waals surface area contributed by atoms with Gasteiger partial charge in [-0.3, -0.25) is 4.90 Å². The van der Waals surface area contributed by atoms with E-state index >= 15 is 0 Å². The third-order valence-electron chi connectivity index (χ3n) is 6.58. The van der Waals surface area contributed by atoms with Gasteiger partial charge in [0.25, 0.3) is 5.88 Å². The number of ether oxygens (including phenoxy) is 2. The molecular weight excluding hydrogens is 428 g/mol. The van der Waals surface area contributed by atoms with E-state index in [-0.39, 0.29) is 5.60 Å². The second-order valence-corrected chi connectivity index (χ2v) is 9.97. The lowest BCUT2D eigenvalue weighted by Gasteiger charge is -2.47. The summed E-state index contributed by atoms with van der Waals surface area (Å²) < 4.78 is 18.5. The fourth-order valence-corrected chi connectivity index (χ4v) is 6.01. The highest BCUT2D eigenvalue weighted by Gasteiger charge is 2.44. The van der Waals surface area contributed by atoms with E-state index in [1.54, 1.807) is 6.92 Å². The molecule has 0 aromatic carbocycles. The molecule has 0 amide bonds. The SMILES string of the molecule is CCc1cc2c(s1)CCO[C@@]21CCN(Cc2cn(CCOc3nonc3C)nn2)[C@@H](C)C1. The maximum atomic E-state index is 6.46. The van der Waals surface area contributed by atoms with Crippen molar-refractivity contribution < 1.29 is 14.1 Å². The second kappa shape index (κ2) is 8.92. The lowest BCUT2D eigenvalue weighted by atomic mass is 9.79. The molecule has 0 N–H and O–H groups in total. The quantitative estimate of drug-likeness (QED) is 0.533. The molecule has 1 fully saturated rings. The van der Waals surface area contributed by atoms with Crippen LogP contribution >= 0.6 is 11.3 Å². The lowest BCUT2D eigenvalue weighted by Crippen LogP contribution is -2.50. The predicted molar refractivity (Wildman–Crippen MR) is 119 cm³/mol. The first kappa shape index (κ1) is 21.5. The van der Waals surface area contributed by atoms with E-state index in [0.29, 0.717) is 30.8 Å². The average Bonchev–Trinajstić information content (AvgIpc) is 3.51. The number of rotatable bonds is 7. The fraction of sp³-hybridized carbons (Fsp3) is 0.636. The Morgan fingerprint density at radius 3 is 3.03 bits per heavy atom. The topological polar surface area (TPSA) is 91.3 Å². The molecule has 172 valence electrons. The lowest BCUT2D eigenvalue weighted by molar-refractivity contribution is -0.112. The molecule has 2 atom stereocenters. The molecule has 0 aliphatic carbocycles. The molecule has 1 spiro atoms. The number of piperidine rings is 1. The van der Waals surface area contributed by atoms with Gasteiger partial charge in [-0.05, 0) is 49.9 Å². The van der Waals surface area contributed by atoms with Crippen LogP contribution in [0.2, 0.25) is 0 Å². The van der Waals surface area contributed by atoms with Crippen molar-refractivity contribution in [3.63, 3.8) is 0 Å². The van der Waals surface area contributed by atoms with Crippen LogP contribution in [0.15, 0.2) is 16.9 Å². The van der Waals surface area contributed by atoms with Gasteiger partial charge < -0.3 is 9.47 Å². The second-order valence-electron chi connectivity index (χ2n) is 8.75. The van der Waals surface area contributed by atoms with Gasteiger partial charge in [0, 0.05) is 41.5 Å². The number of likely N-dealkylation sites (tertiary alicyclic amines) is 1. The Bertz CT molecular complexity index is 1060. The molecule has 0 unspecified atom stereocenters. The van der Waals surface area contributed by atoms with Crippen LogP contribution < -0.4 is 4.74 Å². The third-order valence-corrected chi connectivity index (χ3v) is 7.92. The Kier molecular flexibility index (Phi) is 6.00. The molecule has 3 aromatic rings. The number of aryl methyl sites for hydroxylation is 2. The molecule has 0 saturated carbocycles. The van der Waals surface area contributed by atoms with Gasteiger partial charge in [-0.25, -0.2) is 9.31 Å². The fourth-order valence-electron chi connectivity index (χ4n) is 4.83. The summed E-state index contributed by atoms with van der Waals surface area (Å²) in [5, 5.41) is 16.1. The van der Waals surface area contributed by atoms with Gasteiger partial charge in [0.2, 0.25) is 0 Å². The number of nitrogens with zero attached hydrogens (tertiary/aromatic N) is 6. The Morgan fingerprint density at radius 2 is 2.25 bits per heavy atom. The number of hydrogen-bond acceptors (Lipinski definition) is 9. The Balaban J connectivity index is 1.18. The predicted octanol–water partition coefficient (Wildman–Crippen LogP) is 3.12. The van der Waals surface area contributed by atoms with E-state index in [1.807, 2.05) is 22.2 Å². The highest BCUT2D eigenvalue weighted by molar-refractivity contribution is 7.12. The minimum atomic E-state index is -0.115. The Labute approximate surface area is 191 Å². The molecule has 1 saturated heterocycles. The summed E-state index contributed by atoms with van der Waals surface area (Å²) in [5.74, 6) is 0.422. The van der Waals surface area contributed by atoms with Crippen molar-refractivity contribution in [2.75, 3.05) is 19.8 Å². The van der Waals surface area contributed by atoms with Crippen molar-refractivity contribution in [3.8, 4) is 5.88 Å². The van der Waals surface area contributed by atoms with E-state index in [4.69, 9.17) is 9.47 Å². The standard InChI is InChI=1S/C22H30N6O3S/c1-4-18-11-19-20(32-18)5-9-30-22(19)6-7-27(15(2)12-22)13-17-14-28(26-23-17)8-10-29-21-16(3)24-31-25-21/h11,14-15H,4-10,12-13H2,1-3H3/t15-,22+/m0/s1. The zero-order valence-electron chi connectivity index (χ0n) is 18.9. The summed E-state index contributed by atoms with van der Waals surface area (Å²) in [6.07, 6.45) is 6.20. The number of hydrogen-bond donors (Lipinski definition) is 0. The van der Waals surface area contributed by atoms with Crippen molar-refractivity contribution in [1.29, 1.82) is 0 Å². The molecule has 5 heterocycles. The maximum absolute atomic E-state index is 6.46. The molecule has 9 nitrogen and oxygen atoms in total. The molecule has 10 heteroatoms. The minimum Gasteiger partial charge on any atom is -0.472 e. The Morgan fingerprint density at radius 1 is 1.34 bits per heavy atom. The molecular formula is C22H30N6O3S. The zero-order valence-corrected chi connectivity index (χ0v) is 19.7. The first-order valence-electron chi connectivity index (χ1n) is 11.4. The highest BCUT2D eigenvalue weighted by atomic mass is 32.1. The van der Waals surface area contributed by atoms with E-state index in [9.17, 15) is 0 Å². The molecule has 2 aliphatic heterocycles. The normalized spacial score (nSPS) is 23.5. The monoisotopic (exact) mass is 458 g/mol. The molecule has 5 rings (SSSR count). The third kappa shape index (κ3) is 4.18. The van der Waals surface area contributed by atoms with Gasteiger partial charge in [-0.1, -0.05) is 17.3 Å². The van der Waals surface area contributed by atoms with Crippen LogP contribution in [0.5, 0.6) is 5.88 Å². The van der Waals surface area contributed by atoms with Crippen LogP contribution in [-0.4, -0.2) is 56.0 Å². The van der Waals surface area contributed by atoms with Gasteiger partial charge in [0.1, 0.15) is 12.3 Å². The summed E-state index contributed by atoms with van der Waals surface area (Å²) >= 11 is 1.98. The van der Waals surface area contributed by atoms with Crippen molar-refractivity contribution in [1.82, 2.24) is 30.2 Å². The summed E-state index contributed by atoms with van der Waals surface area (Å²) in [6.45, 7) is 9.98. The van der Waals surface area contributed by atoms with Crippen LogP contribution in [0.4, 0.5) is 0 Å². The number of thiophene rings is 1. The Hall–Kier alpha value is -2.30. The minimum absolute atomic E-state index is 0.115. The molecule has 32 heavy (non-hydrogen) atoms. The summed E-state index contributed by atoms with van der Waals surface area (Å²) in [7, 11) is 0. The largest absolute Gasteiger partial charge is 0.472 e. The van der Waals surface area contributed by atoms with Crippen molar-refractivity contribution in [2.45, 2.75) is 71.2 Å². The summed E-state index contributed by atoms with van der Waals surface area (Å²) in [4.78, 5) is 5.51. The maximum Gasteiger partial charge on any atom is 0.278 e. The smallest absolute Gasteiger partial charge is 0.278 e. The van der Waals surface area contributed by atoms with Crippen LogP contribution in [0.1, 0.15) is 53.4 Å². The molecule has 0 bridgehead atoms. The molecule has 0 radical (unpaired) electrons. The summed E-state index contributed by atoms with van der Waals surface area (Å²) in [5.41, 5.74) is 2.96. The summed E-state index contributed by atoms with van der Waals surface area (Å²) in [6, 6.07) is 2.82. The number of fused-ring (bicyclic) bond motifs is 2. The van der Waals surface area contributed by atoms with Crippen molar-refractivity contribution >= 4 is 11.3 Å². The van der Waals surface area contributed by atoms with Gasteiger partial charge in [0.15, 0.2) is 0 Å². The zero-order chi connectivity index (χ0) is 22.1. The van der Waals surface area contributed by atoms with Gasteiger partial charge in [-0.15, -0.1) is 16.4 Å². The van der Waals surface area contributed by atoms with Gasteiger partial charge in [0.05, 0.1) is 24.4 Å². The first-order chi connectivity index (χ1) is 15.6. The van der Waals surface area contributed by atoms with E-state index in [0.717, 1.165) is 51.1 Å². The van der Waals surface area contributed by atoms with Crippen LogP contribution in [0.3, 0.4) is 0 Å². The molecule has 3 aromatic heterocycles. The van der Waals surface area contributed by atoms with Crippen LogP contribution in [-0.2, 0) is 36.3 Å².